The van der Waals surface area contributed by atoms with Gasteiger partial charge in [0.1, 0.15) is 0 Å². The number of aromatic nitrogens is 3. The highest BCUT2D eigenvalue weighted by molar-refractivity contribution is 5.30. The molecule has 2 aromatic rings. The molecule has 0 aliphatic carbocycles. The van der Waals surface area contributed by atoms with Crippen LogP contribution in [0.2, 0.25) is 0 Å². The maximum absolute atomic E-state index is 4.56. The van der Waals surface area contributed by atoms with Gasteiger partial charge in [0, 0.05) is 49.8 Å². The van der Waals surface area contributed by atoms with E-state index in [1.807, 2.05) is 30.7 Å². The van der Waals surface area contributed by atoms with Gasteiger partial charge in [-0.1, -0.05) is 6.07 Å². The van der Waals surface area contributed by atoms with E-state index in [1.165, 1.54) is 19.3 Å². The fourth-order valence-electron chi connectivity index (χ4n) is 2.96. The molecule has 5 nitrogen and oxygen atoms in total. The third-order valence-corrected chi connectivity index (χ3v) is 4.54. The van der Waals surface area contributed by atoms with Gasteiger partial charge in [-0.3, -0.25) is 9.88 Å². The van der Waals surface area contributed by atoms with Gasteiger partial charge >= 0.3 is 0 Å². The smallest absolute Gasteiger partial charge is 0.225 e. The van der Waals surface area contributed by atoms with Crippen LogP contribution >= 0.6 is 0 Å². The van der Waals surface area contributed by atoms with E-state index in [-0.39, 0.29) is 6.04 Å². The minimum absolute atomic E-state index is 0.262. The molecule has 1 unspecified atom stereocenters. The fourth-order valence-corrected chi connectivity index (χ4v) is 2.96. The number of hydrogen-bond acceptors (Lipinski definition) is 5. The Bertz CT molecular complexity index is 593. The van der Waals surface area contributed by atoms with E-state index in [9.17, 15) is 0 Å². The maximum atomic E-state index is 4.56. The van der Waals surface area contributed by atoms with Gasteiger partial charge in [0.05, 0.1) is 5.69 Å². The minimum atomic E-state index is 0.262. The quantitative estimate of drug-likeness (QED) is 0.849. The van der Waals surface area contributed by atoms with Crippen molar-refractivity contribution in [3.63, 3.8) is 0 Å². The number of anilines is 1. The molecule has 1 aliphatic heterocycles. The SMILES string of the molecule is CC(c1ccccn1)N(C)Cc1cnc(N2CCCCC2)nc1. The number of nitrogens with zero attached hydrogens (tertiary/aromatic N) is 5. The van der Waals surface area contributed by atoms with Gasteiger partial charge in [0.25, 0.3) is 0 Å². The van der Waals surface area contributed by atoms with Crippen LogP contribution in [0.5, 0.6) is 0 Å². The van der Waals surface area contributed by atoms with E-state index in [2.05, 4.69) is 44.8 Å². The molecule has 23 heavy (non-hydrogen) atoms. The minimum Gasteiger partial charge on any atom is -0.341 e. The zero-order chi connectivity index (χ0) is 16.1. The van der Waals surface area contributed by atoms with E-state index < -0.39 is 0 Å². The molecule has 0 N–H and O–H groups in total. The number of pyridine rings is 1. The lowest BCUT2D eigenvalue weighted by Gasteiger charge is -2.27. The summed E-state index contributed by atoms with van der Waals surface area (Å²) in [5.41, 5.74) is 2.22. The molecule has 0 aromatic carbocycles. The maximum Gasteiger partial charge on any atom is 0.225 e. The predicted molar refractivity (Wildman–Crippen MR) is 92.2 cm³/mol. The Balaban J connectivity index is 1.61. The van der Waals surface area contributed by atoms with Gasteiger partial charge in [-0.25, -0.2) is 9.97 Å². The van der Waals surface area contributed by atoms with Crippen molar-refractivity contribution < 1.29 is 0 Å². The lowest BCUT2D eigenvalue weighted by molar-refractivity contribution is 0.248. The Morgan fingerprint density at radius 3 is 2.48 bits per heavy atom. The van der Waals surface area contributed by atoms with Crippen molar-refractivity contribution in [2.24, 2.45) is 0 Å². The Morgan fingerprint density at radius 2 is 1.83 bits per heavy atom. The summed E-state index contributed by atoms with van der Waals surface area (Å²) in [6.07, 6.45) is 9.57. The molecule has 1 aliphatic rings. The highest BCUT2D eigenvalue weighted by Gasteiger charge is 2.15. The molecule has 1 atom stereocenters. The van der Waals surface area contributed by atoms with Crippen LogP contribution in [0.3, 0.4) is 0 Å². The highest BCUT2D eigenvalue weighted by Crippen LogP contribution is 2.19. The average molecular weight is 311 g/mol. The molecule has 5 heteroatoms. The van der Waals surface area contributed by atoms with Crippen LogP contribution in [-0.2, 0) is 6.54 Å². The predicted octanol–water partition coefficient (Wildman–Crippen LogP) is 3.05. The molecule has 1 saturated heterocycles. The summed E-state index contributed by atoms with van der Waals surface area (Å²) >= 11 is 0. The van der Waals surface area contributed by atoms with Crippen LogP contribution in [0.15, 0.2) is 36.8 Å². The van der Waals surface area contributed by atoms with E-state index >= 15 is 0 Å². The third-order valence-electron chi connectivity index (χ3n) is 4.54. The number of rotatable bonds is 5. The summed E-state index contributed by atoms with van der Waals surface area (Å²) in [5, 5.41) is 0. The average Bonchev–Trinajstić information content (AvgIpc) is 2.63. The van der Waals surface area contributed by atoms with Gasteiger partial charge in [0.15, 0.2) is 0 Å². The zero-order valence-electron chi connectivity index (χ0n) is 14.0. The first kappa shape index (κ1) is 15.9. The molecular weight excluding hydrogens is 286 g/mol. The van der Waals surface area contributed by atoms with Crippen LogP contribution in [0.4, 0.5) is 5.95 Å². The van der Waals surface area contributed by atoms with Crippen molar-refractivity contribution in [2.45, 2.75) is 38.8 Å². The topological polar surface area (TPSA) is 45.2 Å². The van der Waals surface area contributed by atoms with Gasteiger partial charge < -0.3 is 4.90 Å². The van der Waals surface area contributed by atoms with Gasteiger partial charge in [-0.15, -0.1) is 0 Å². The molecular formula is C18H25N5. The Hall–Kier alpha value is -2.01. The van der Waals surface area contributed by atoms with E-state index in [0.29, 0.717) is 0 Å². The lowest BCUT2D eigenvalue weighted by Crippen LogP contribution is -2.31. The second-order valence-corrected chi connectivity index (χ2v) is 6.28. The van der Waals surface area contributed by atoms with E-state index in [0.717, 1.165) is 36.8 Å². The largest absolute Gasteiger partial charge is 0.341 e. The number of piperidine rings is 1. The second-order valence-electron chi connectivity index (χ2n) is 6.28. The summed E-state index contributed by atoms with van der Waals surface area (Å²) in [4.78, 5) is 18.1. The summed E-state index contributed by atoms with van der Waals surface area (Å²) < 4.78 is 0. The standard InChI is InChI=1S/C18H25N5/c1-15(17-8-4-5-9-19-17)22(2)14-16-12-20-18(21-13-16)23-10-6-3-7-11-23/h4-5,8-9,12-13,15H,3,6-7,10-11,14H2,1-2H3. The molecule has 0 bridgehead atoms. The van der Waals surface area contributed by atoms with Crippen LogP contribution in [0, 0.1) is 0 Å². The van der Waals surface area contributed by atoms with Crippen molar-refractivity contribution in [3.05, 3.63) is 48.0 Å². The summed E-state index contributed by atoms with van der Waals surface area (Å²) in [7, 11) is 2.11. The molecule has 1 fully saturated rings. The second kappa shape index (κ2) is 7.51. The highest BCUT2D eigenvalue weighted by atomic mass is 15.2. The first-order chi connectivity index (χ1) is 11.2. The Kier molecular flexibility index (Phi) is 5.18. The van der Waals surface area contributed by atoms with Crippen LogP contribution in [-0.4, -0.2) is 40.0 Å². The molecule has 122 valence electrons. The first-order valence-electron chi connectivity index (χ1n) is 8.41. The Morgan fingerprint density at radius 1 is 1.09 bits per heavy atom. The molecule has 0 radical (unpaired) electrons. The third kappa shape index (κ3) is 4.05. The molecule has 3 rings (SSSR count). The van der Waals surface area contributed by atoms with Gasteiger partial charge in [-0.05, 0) is 45.4 Å². The van der Waals surface area contributed by atoms with E-state index in [1.54, 1.807) is 0 Å². The van der Waals surface area contributed by atoms with E-state index in [4.69, 9.17) is 0 Å². The van der Waals surface area contributed by atoms with Crippen molar-refractivity contribution >= 4 is 5.95 Å². The van der Waals surface area contributed by atoms with Crippen LogP contribution in [0.1, 0.15) is 43.5 Å². The fraction of sp³-hybridized carbons (Fsp3) is 0.500. The zero-order valence-corrected chi connectivity index (χ0v) is 14.0. The van der Waals surface area contributed by atoms with Gasteiger partial charge in [-0.2, -0.15) is 0 Å². The summed E-state index contributed by atoms with van der Waals surface area (Å²) in [5.74, 6) is 0.869. The van der Waals surface area contributed by atoms with Crippen LogP contribution < -0.4 is 4.90 Å². The normalized spacial score (nSPS) is 16.6. The summed E-state index contributed by atoms with van der Waals surface area (Å²) in [6.45, 7) is 5.15. The lowest BCUT2D eigenvalue weighted by atomic mass is 10.1. The van der Waals surface area contributed by atoms with Crippen molar-refractivity contribution in [2.75, 3.05) is 25.0 Å². The monoisotopic (exact) mass is 311 g/mol. The molecule has 0 spiro atoms. The van der Waals surface area contributed by atoms with Gasteiger partial charge in [0.2, 0.25) is 5.95 Å². The summed E-state index contributed by atoms with van der Waals surface area (Å²) in [6, 6.07) is 6.31. The van der Waals surface area contributed by atoms with Crippen molar-refractivity contribution in [1.82, 2.24) is 19.9 Å². The molecule has 0 amide bonds. The molecule has 3 heterocycles. The number of hydrogen-bond donors (Lipinski definition) is 0. The van der Waals surface area contributed by atoms with Crippen molar-refractivity contribution in [3.8, 4) is 0 Å². The first-order valence-corrected chi connectivity index (χ1v) is 8.41. The molecule has 0 saturated carbocycles. The Labute approximate surface area is 138 Å². The van der Waals surface area contributed by atoms with Crippen LogP contribution in [0.25, 0.3) is 0 Å². The molecule has 2 aromatic heterocycles. The van der Waals surface area contributed by atoms with Crippen molar-refractivity contribution in [1.29, 1.82) is 0 Å².